The van der Waals surface area contributed by atoms with Gasteiger partial charge < -0.3 is 24.1 Å². The number of ketones is 1. The lowest BCUT2D eigenvalue weighted by Gasteiger charge is -2.21. The van der Waals surface area contributed by atoms with E-state index in [-0.39, 0.29) is 17.6 Å². The molecule has 1 aliphatic heterocycles. The minimum Gasteiger partial charge on any atom is -0.346 e. The molecule has 0 saturated carbocycles. The summed E-state index contributed by atoms with van der Waals surface area (Å²) in [5.41, 5.74) is 0. The summed E-state index contributed by atoms with van der Waals surface area (Å²) in [4.78, 5) is 38.0. The van der Waals surface area contributed by atoms with E-state index in [4.69, 9.17) is 9.47 Å². The number of hydrogen-bond acceptors (Lipinski definition) is 5. The second-order valence-electron chi connectivity index (χ2n) is 5.97. The van der Waals surface area contributed by atoms with E-state index in [0.717, 1.165) is 6.42 Å². The van der Waals surface area contributed by atoms with Crippen LogP contribution < -0.4 is 0 Å². The number of ether oxygens (including phenoxy) is 2. The van der Waals surface area contributed by atoms with Gasteiger partial charge in [0.1, 0.15) is 5.78 Å². The van der Waals surface area contributed by atoms with Crippen molar-refractivity contribution in [2.45, 2.75) is 44.7 Å². The molecule has 0 N–H and O–H groups in total. The standard InChI is InChI=1S/C16H26N2O5/c1-11(19)9-7-6-8-10-12-22-13(15(20)17(2)3)14(23-12)16(21)18(4)5/h8,10,12-14H,6-7,9H2,1-5H3/b10-8-/t13-,14-/m1/s1. The van der Waals surface area contributed by atoms with Crippen molar-refractivity contribution in [3.63, 3.8) is 0 Å². The predicted molar refractivity (Wildman–Crippen MR) is 84.6 cm³/mol. The molecule has 0 aromatic rings. The Labute approximate surface area is 137 Å². The minimum absolute atomic E-state index is 0.153. The highest BCUT2D eigenvalue weighted by Crippen LogP contribution is 2.23. The molecule has 2 amide bonds. The van der Waals surface area contributed by atoms with Crippen LogP contribution in [0.4, 0.5) is 0 Å². The Bertz CT molecular complexity index is 445. The van der Waals surface area contributed by atoms with E-state index in [1.807, 2.05) is 6.08 Å². The van der Waals surface area contributed by atoms with Crippen LogP contribution >= 0.6 is 0 Å². The maximum Gasteiger partial charge on any atom is 0.254 e. The third kappa shape index (κ3) is 5.76. The number of carbonyl (C=O) groups excluding carboxylic acids is 3. The Morgan fingerprint density at radius 1 is 0.957 bits per heavy atom. The maximum atomic E-state index is 12.2. The highest BCUT2D eigenvalue weighted by molar-refractivity contribution is 5.91. The summed E-state index contributed by atoms with van der Waals surface area (Å²) in [6.45, 7) is 1.56. The summed E-state index contributed by atoms with van der Waals surface area (Å²) in [6, 6.07) is 0. The van der Waals surface area contributed by atoms with Crippen LogP contribution in [-0.4, -0.2) is 74.1 Å². The van der Waals surface area contributed by atoms with Crippen molar-refractivity contribution in [3.05, 3.63) is 12.2 Å². The summed E-state index contributed by atoms with van der Waals surface area (Å²) in [7, 11) is 6.42. The zero-order chi connectivity index (χ0) is 17.6. The normalized spacial score (nSPS) is 21.6. The van der Waals surface area contributed by atoms with Crippen LogP contribution in [0.3, 0.4) is 0 Å². The van der Waals surface area contributed by atoms with E-state index in [0.29, 0.717) is 12.8 Å². The maximum absolute atomic E-state index is 12.2. The van der Waals surface area contributed by atoms with Gasteiger partial charge in [-0.15, -0.1) is 0 Å². The first-order valence-electron chi connectivity index (χ1n) is 7.63. The first-order valence-corrected chi connectivity index (χ1v) is 7.63. The third-order valence-electron chi connectivity index (χ3n) is 3.40. The second kappa shape index (κ2) is 8.79. The van der Waals surface area contributed by atoms with Crippen molar-refractivity contribution in [3.8, 4) is 0 Å². The highest BCUT2D eigenvalue weighted by Gasteiger charge is 2.45. The van der Waals surface area contributed by atoms with Crippen molar-refractivity contribution in [2.24, 2.45) is 0 Å². The lowest BCUT2D eigenvalue weighted by Crippen LogP contribution is -2.47. The van der Waals surface area contributed by atoms with Crippen LogP contribution in [0, 0.1) is 0 Å². The Morgan fingerprint density at radius 3 is 1.83 bits per heavy atom. The molecule has 130 valence electrons. The number of amides is 2. The van der Waals surface area contributed by atoms with E-state index in [1.54, 1.807) is 41.2 Å². The molecule has 7 nitrogen and oxygen atoms in total. The van der Waals surface area contributed by atoms with Crippen molar-refractivity contribution in [2.75, 3.05) is 28.2 Å². The predicted octanol–water partition coefficient (Wildman–Crippen LogP) is 0.588. The van der Waals surface area contributed by atoms with E-state index in [9.17, 15) is 14.4 Å². The lowest BCUT2D eigenvalue weighted by atomic mass is 10.1. The Hall–Kier alpha value is -1.73. The van der Waals surface area contributed by atoms with Gasteiger partial charge in [-0.3, -0.25) is 9.59 Å². The molecule has 1 saturated heterocycles. The fraction of sp³-hybridized carbons (Fsp3) is 0.688. The molecule has 0 aromatic carbocycles. The molecule has 1 heterocycles. The molecule has 0 radical (unpaired) electrons. The van der Waals surface area contributed by atoms with Gasteiger partial charge in [-0.1, -0.05) is 6.08 Å². The van der Waals surface area contributed by atoms with Crippen molar-refractivity contribution in [1.29, 1.82) is 0 Å². The van der Waals surface area contributed by atoms with Crippen molar-refractivity contribution < 1.29 is 23.9 Å². The second-order valence-corrected chi connectivity index (χ2v) is 5.97. The van der Waals surface area contributed by atoms with Gasteiger partial charge in [0.2, 0.25) is 0 Å². The number of nitrogens with zero attached hydrogens (tertiary/aromatic N) is 2. The van der Waals surface area contributed by atoms with Gasteiger partial charge in [0.05, 0.1) is 0 Å². The molecule has 1 aliphatic rings. The number of carbonyl (C=O) groups is 3. The summed E-state index contributed by atoms with van der Waals surface area (Å²) in [6.07, 6.45) is 2.86. The molecule has 0 unspecified atom stereocenters. The third-order valence-corrected chi connectivity index (χ3v) is 3.40. The van der Waals surface area contributed by atoms with Gasteiger partial charge in [0.25, 0.3) is 11.8 Å². The fourth-order valence-electron chi connectivity index (χ4n) is 2.12. The number of allylic oxidation sites excluding steroid dienone is 1. The van der Waals surface area contributed by atoms with Crippen LogP contribution in [-0.2, 0) is 23.9 Å². The molecular formula is C16H26N2O5. The lowest BCUT2D eigenvalue weighted by molar-refractivity contribution is -0.146. The van der Waals surface area contributed by atoms with Crippen LogP contribution in [0.15, 0.2) is 12.2 Å². The van der Waals surface area contributed by atoms with Crippen LogP contribution in [0.2, 0.25) is 0 Å². The van der Waals surface area contributed by atoms with Gasteiger partial charge in [-0.05, 0) is 25.8 Å². The monoisotopic (exact) mass is 326 g/mol. The zero-order valence-electron chi connectivity index (χ0n) is 14.4. The number of unbranched alkanes of at least 4 members (excludes halogenated alkanes) is 1. The average Bonchev–Trinajstić information content (AvgIpc) is 2.88. The molecule has 1 rings (SSSR count). The molecule has 23 heavy (non-hydrogen) atoms. The van der Waals surface area contributed by atoms with Crippen LogP contribution in [0.1, 0.15) is 26.2 Å². The quantitative estimate of drug-likeness (QED) is 0.505. The van der Waals surface area contributed by atoms with Gasteiger partial charge in [0.15, 0.2) is 18.5 Å². The molecule has 0 bridgehead atoms. The Morgan fingerprint density at radius 2 is 1.43 bits per heavy atom. The number of likely N-dealkylation sites (N-methyl/N-ethyl adjacent to an activating group) is 2. The smallest absolute Gasteiger partial charge is 0.254 e. The molecular weight excluding hydrogens is 300 g/mol. The first-order chi connectivity index (χ1) is 10.7. The molecule has 0 aromatic heterocycles. The van der Waals surface area contributed by atoms with Gasteiger partial charge in [-0.25, -0.2) is 0 Å². The van der Waals surface area contributed by atoms with E-state index < -0.39 is 18.5 Å². The van der Waals surface area contributed by atoms with E-state index in [2.05, 4.69) is 0 Å². The molecule has 0 aliphatic carbocycles. The fourth-order valence-corrected chi connectivity index (χ4v) is 2.12. The highest BCUT2D eigenvalue weighted by atomic mass is 16.7. The van der Waals surface area contributed by atoms with Crippen LogP contribution in [0.5, 0.6) is 0 Å². The Balaban J connectivity index is 2.68. The number of Topliss-reactive ketones (excluding diaryl/α,β-unsaturated/α-hetero) is 1. The van der Waals surface area contributed by atoms with Crippen molar-refractivity contribution >= 4 is 17.6 Å². The van der Waals surface area contributed by atoms with E-state index >= 15 is 0 Å². The largest absolute Gasteiger partial charge is 0.346 e. The number of rotatable bonds is 7. The van der Waals surface area contributed by atoms with Gasteiger partial charge >= 0.3 is 0 Å². The number of hydrogen-bond donors (Lipinski definition) is 0. The summed E-state index contributed by atoms with van der Waals surface area (Å²) in [5.74, 6) is -0.463. The van der Waals surface area contributed by atoms with Crippen LogP contribution in [0.25, 0.3) is 0 Å². The van der Waals surface area contributed by atoms with Gasteiger partial charge in [-0.2, -0.15) is 0 Å². The van der Waals surface area contributed by atoms with Gasteiger partial charge in [0, 0.05) is 34.6 Å². The SMILES string of the molecule is CC(=O)CCC/C=C\C1O[C@@H](C(=O)N(C)C)[C@H](C(=O)N(C)C)O1. The molecule has 2 atom stereocenters. The summed E-state index contributed by atoms with van der Waals surface area (Å²) >= 11 is 0. The Kier molecular flexibility index (Phi) is 7.38. The molecule has 7 heteroatoms. The zero-order valence-corrected chi connectivity index (χ0v) is 14.4. The first kappa shape index (κ1) is 19.3. The van der Waals surface area contributed by atoms with Crippen molar-refractivity contribution in [1.82, 2.24) is 9.80 Å². The topological polar surface area (TPSA) is 76.2 Å². The summed E-state index contributed by atoms with van der Waals surface area (Å²) < 4.78 is 11.2. The average molecular weight is 326 g/mol. The summed E-state index contributed by atoms with van der Waals surface area (Å²) in [5, 5.41) is 0. The van der Waals surface area contributed by atoms with E-state index in [1.165, 1.54) is 9.80 Å². The molecule has 0 spiro atoms. The minimum atomic E-state index is -0.952. The molecule has 1 fully saturated rings.